The summed E-state index contributed by atoms with van der Waals surface area (Å²) in [6.45, 7) is 0. The molecule has 0 aliphatic heterocycles. The Hall–Kier alpha value is -3.03. The molecule has 0 saturated heterocycles. The maximum atomic E-state index is 9.50. The van der Waals surface area contributed by atoms with Gasteiger partial charge in [-0.3, -0.25) is 0 Å². The van der Waals surface area contributed by atoms with Crippen LogP contribution < -0.4 is 0 Å². The summed E-state index contributed by atoms with van der Waals surface area (Å²) in [5.74, 6) is 0. The van der Waals surface area contributed by atoms with E-state index < -0.39 is 0 Å². The molecule has 2 aromatic carbocycles. The summed E-state index contributed by atoms with van der Waals surface area (Å²) >= 11 is 1.52. The van der Waals surface area contributed by atoms with Crippen LogP contribution in [0, 0.1) is 11.3 Å². The van der Waals surface area contributed by atoms with E-state index in [2.05, 4.69) is 16.0 Å². The molecule has 0 amide bonds. The quantitative estimate of drug-likeness (QED) is 0.494. The molecule has 4 aromatic rings. The Morgan fingerprint density at radius 1 is 0.913 bits per heavy atom. The van der Waals surface area contributed by atoms with Gasteiger partial charge < -0.3 is 0 Å². The van der Waals surface area contributed by atoms with Crippen LogP contribution in [0.25, 0.3) is 32.8 Å². The molecule has 2 heterocycles. The lowest BCUT2D eigenvalue weighted by molar-refractivity contribution is 1.37. The van der Waals surface area contributed by atoms with E-state index in [4.69, 9.17) is 0 Å². The third-order valence-corrected chi connectivity index (χ3v) is 4.63. The lowest BCUT2D eigenvalue weighted by Crippen LogP contribution is -1.85. The Morgan fingerprint density at radius 3 is 2.52 bits per heavy atom. The van der Waals surface area contributed by atoms with Gasteiger partial charge in [0.1, 0.15) is 11.1 Å². The molecule has 0 unspecified atom stereocenters. The van der Waals surface area contributed by atoms with Gasteiger partial charge in [-0.1, -0.05) is 36.4 Å². The summed E-state index contributed by atoms with van der Waals surface area (Å²) < 4.78 is 1.08. The lowest BCUT2D eigenvalue weighted by Gasteiger charge is -1.99. The van der Waals surface area contributed by atoms with E-state index in [0.717, 1.165) is 31.8 Å². The second-order valence-corrected chi connectivity index (χ2v) is 6.12. The summed E-state index contributed by atoms with van der Waals surface area (Å²) in [4.78, 5) is 9.13. The van der Waals surface area contributed by atoms with Gasteiger partial charge in [-0.2, -0.15) is 5.26 Å². The molecule has 0 atom stereocenters. The van der Waals surface area contributed by atoms with Crippen LogP contribution in [-0.4, -0.2) is 9.97 Å². The number of fused-ring (bicyclic) bond motifs is 2. The zero-order chi connectivity index (χ0) is 15.6. The van der Waals surface area contributed by atoms with Crippen LogP contribution in [0.3, 0.4) is 0 Å². The summed E-state index contributed by atoms with van der Waals surface area (Å²) in [6, 6.07) is 22.0. The number of nitriles is 1. The lowest BCUT2D eigenvalue weighted by atomic mass is 10.1. The van der Waals surface area contributed by atoms with Crippen LogP contribution in [0.4, 0.5) is 0 Å². The van der Waals surface area contributed by atoms with Gasteiger partial charge in [-0.15, -0.1) is 11.3 Å². The van der Waals surface area contributed by atoms with Gasteiger partial charge in [0, 0.05) is 5.39 Å². The highest BCUT2D eigenvalue weighted by molar-refractivity contribution is 7.19. The van der Waals surface area contributed by atoms with Gasteiger partial charge in [0.25, 0.3) is 0 Å². The predicted octanol–water partition coefficient (Wildman–Crippen LogP) is 4.91. The fraction of sp³-hybridized carbons (Fsp3) is 0. The standard InChI is InChI=1S/C19H11N3S/c20-12-14(19-22-17-7-3-4-8-18(17)23-19)11-15-10-9-13-5-1-2-6-16(13)21-15/h1-11H. The molecule has 0 saturated carbocycles. The molecule has 0 aliphatic carbocycles. The van der Waals surface area contributed by atoms with E-state index in [9.17, 15) is 5.26 Å². The Kier molecular flexibility index (Phi) is 3.34. The molecular formula is C19H11N3S. The van der Waals surface area contributed by atoms with E-state index >= 15 is 0 Å². The van der Waals surface area contributed by atoms with Crippen molar-refractivity contribution >= 4 is 44.1 Å². The molecule has 0 radical (unpaired) electrons. The minimum atomic E-state index is 0.536. The third kappa shape index (κ3) is 2.59. The van der Waals surface area contributed by atoms with E-state index in [1.54, 1.807) is 6.08 Å². The van der Waals surface area contributed by atoms with Gasteiger partial charge >= 0.3 is 0 Å². The maximum Gasteiger partial charge on any atom is 0.135 e. The fourth-order valence-corrected chi connectivity index (χ4v) is 3.37. The summed E-state index contributed by atoms with van der Waals surface area (Å²) in [5, 5.41) is 11.3. The molecular weight excluding hydrogens is 302 g/mol. The van der Waals surface area contributed by atoms with Crippen LogP contribution in [0.1, 0.15) is 10.7 Å². The van der Waals surface area contributed by atoms with E-state index in [-0.39, 0.29) is 0 Å². The Bertz CT molecular complexity index is 1050. The summed E-state index contributed by atoms with van der Waals surface area (Å²) in [6.07, 6.45) is 1.80. The molecule has 3 nitrogen and oxygen atoms in total. The minimum Gasteiger partial charge on any atom is -0.248 e. The van der Waals surface area contributed by atoms with Gasteiger partial charge in [-0.05, 0) is 30.3 Å². The second kappa shape index (κ2) is 5.64. The van der Waals surface area contributed by atoms with Crippen LogP contribution in [-0.2, 0) is 0 Å². The third-order valence-electron chi connectivity index (χ3n) is 3.56. The van der Waals surface area contributed by atoms with Crippen molar-refractivity contribution in [3.8, 4) is 6.07 Å². The molecule has 0 bridgehead atoms. The van der Waals surface area contributed by atoms with Gasteiger partial charge in [0.05, 0.1) is 27.0 Å². The Morgan fingerprint density at radius 2 is 1.70 bits per heavy atom. The molecule has 108 valence electrons. The average molecular weight is 313 g/mol. The van der Waals surface area contributed by atoms with E-state index in [0.29, 0.717) is 5.57 Å². The maximum absolute atomic E-state index is 9.50. The molecule has 4 rings (SSSR count). The fourth-order valence-electron chi connectivity index (χ4n) is 2.44. The van der Waals surface area contributed by atoms with Crippen molar-refractivity contribution in [2.24, 2.45) is 0 Å². The minimum absolute atomic E-state index is 0.536. The highest BCUT2D eigenvalue weighted by Crippen LogP contribution is 2.28. The normalized spacial score (nSPS) is 11.7. The Balaban J connectivity index is 1.81. The number of rotatable bonds is 2. The molecule has 0 N–H and O–H groups in total. The van der Waals surface area contributed by atoms with Crippen LogP contribution in [0.2, 0.25) is 0 Å². The van der Waals surface area contributed by atoms with Crippen LogP contribution >= 0.6 is 11.3 Å². The molecule has 23 heavy (non-hydrogen) atoms. The number of nitrogens with zero attached hydrogens (tertiary/aromatic N) is 3. The zero-order valence-corrected chi connectivity index (χ0v) is 12.9. The van der Waals surface area contributed by atoms with E-state index in [1.165, 1.54) is 11.3 Å². The van der Waals surface area contributed by atoms with Crippen molar-refractivity contribution in [1.82, 2.24) is 9.97 Å². The highest BCUT2D eigenvalue weighted by Gasteiger charge is 2.09. The molecule has 2 aromatic heterocycles. The van der Waals surface area contributed by atoms with Gasteiger partial charge in [0.2, 0.25) is 0 Å². The predicted molar refractivity (Wildman–Crippen MR) is 94.8 cm³/mol. The van der Waals surface area contributed by atoms with Crippen molar-refractivity contribution in [2.45, 2.75) is 0 Å². The monoisotopic (exact) mass is 313 g/mol. The van der Waals surface area contributed by atoms with Gasteiger partial charge in [-0.25, -0.2) is 9.97 Å². The SMILES string of the molecule is N#CC(=Cc1ccc2ccccc2n1)c1nc2ccccc2s1. The highest BCUT2D eigenvalue weighted by atomic mass is 32.1. The van der Waals surface area contributed by atoms with Crippen molar-refractivity contribution in [3.63, 3.8) is 0 Å². The number of pyridine rings is 1. The average Bonchev–Trinajstić information content (AvgIpc) is 3.03. The first-order valence-electron chi connectivity index (χ1n) is 7.17. The smallest absolute Gasteiger partial charge is 0.135 e. The topological polar surface area (TPSA) is 49.6 Å². The van der Waals surface area contributed by atoms with E-state index in [1.807, 2.05) is 60.7 Å². The van der Waals surface area contributed by atoms with Crippen LogP contribution in [0.5, 0.6) is 0 Å². The molecule has 4 heteroatoms. The molecule has 0 fully saturated rings. The number of benzene rings is 2. The number of aromatic nitrogens is 2. The zero-order valence-electron chi connectivity index (χ0n) is 12.1. The van der Waals surface area contributed by atoms with Gasteiger partial charge in [0.15, 0.2) is 0 Å². The number of hydrogen-bond acceptors (Lipinski definition) is 4. The number of para-hydroxylation sites is 2. The summed E-state index contributed by atoms with van der Waals surface area (Å²) in [7, 11) is 0. The Labute approximate surface area is 137 Å². The first-order valence-corrected chi connectivity index (χ1v) is 7.99. The first kappa shape index (κ1) is 13.6. The molecule has 0 spiro atoms. The number of thiazole rings is 1. The van der Waals surface area contributed by atoms with Crippen molar-refractivity contribution in [2.75, 3.05) is 0 Å². The van der Waals surface area contributed by atoms with Crippen molar-refractivity contribution in [3.05, 3.63) is 71.4 Å². The molecule has 0 aliphatic rings. The van der Waals surface area contributed by atoms with Crippen LogP contribution in [0.15, 0.2) is 60.7 Å². The van der Waals surface area contributed by atoms with Crippen molar-refractivity contribution < 1.29 is 0 Å². The first-order chi connectivity index (χ1) is 11.3. The number of allylic oxidation sites excluding steroid dienone is 1. The second-order valence-electron chi connectivity index (χ2n) is 5.09. The largest absolute Gasteiger partial charge is 0.248 e. The number of hydrogen-bond donors (Lipinski definition) is 0. The van der Waals surface area contributed by atoms with Crippen molar-refractivity contribution in [1.29, 1.82) is 5.26 Å². The summed E-state index contributed by atoms with van der Waals surface area (Å²) in [5.41, 5.74) is 3.14.